The average Bonchev–Trinajstić information content (AvgIpc) is 3.69. The lowest BCUT2D eigenvalue weighted by atomic mass is 9.43. The van der Waals surface area contributed by atoms with E-state index in [0.717, 1.165) is 24.7 Å². The topological polar surface area (TPSA) is 164 Å². The fourth-order valence-corrected chi connectivity index (χ4v) is 10.9. The highest BCUT2D eigenvalue weighted by Crippen LogP contribution is 2.82. The monoisotopic (exact) mass is 648 g/mol. The molecular formula is C34H48O12. The van der Waals surface area contributed by atoms with Crippen molar-refractivity contribution in [2.75, 3.05) is 20.8 Å². The maximum Gasteiger partial charge on any atom is 0.338 e. The van der Waals surface area contributed by atoms with Crippen molar-refractivity contribution in [3.05, 3.63) is 11.6 Å². The molecule has 2 saturated heterocycles. The number of aliphatic carboxylic acids is 1. The molecule has 6 aliphatic rings. The number of ether oxygens (including phenoxy) is 6. The summed E-state index contributed by atoms with van der Waals surface area (Å²) in [5, 5.41) is 23.0. The first-order chi connectivity index (χ1) is 21.8. The van der Waals surface area contributed by atoms with Gasteiger partial charge >= 0.3 is 17.9 Å². The molecule has 256 valence electrons. The van der Waals surface area contributed by atoms with Crippen LogP contribution in [0.2, 0.25) is 0 Å². The second-order valence-electron chi connectivity index (χ2n) is 14.8. The molecule has 0 aromatic carbocycles. The van der Waals surface area contributed by atoms with Gasteiger partial charge in [0.05, 0.1) is 25.2 Å². The van der Waals surface area contributed by atoms with Gasteiger partial charge < -0.3 is 43.4 Å². The van der Waals surface area contributed by atoms with Crippen molar-refractivity contribution in [1.82, 2.24) is 0 Å². The van der Waals surface area contributed by atoms with E-state index in [1.807, 2.05) is 13.8 Å². The third-order valence-corrected chi connectivity index (χ3v) is 12.6. The molecule has 5 fully saturated rings. The SMILES string of the molecule is COC(=O)CCC[C@@H]1O[C@@]2(OC1=O)[C@H](O)[C@H](OC[C@@]13C[C@@H]4[C@H](C)CC[C@H]4[C@@]4(C=O)C[C@@H]1C=C(C(C)C)[C@@]34C(=O)O)O[C@H](C)[C@H]2OC. The van der Waals surface area contributed by atoms with Crippen molar-refractivity contribution in [1.29, 1.82) is 0 Å². The fourth-order valence-electron chi connectivity index (χ4n) is 10.9. The number of carbonyl (C=O) groups excluding carboxylic acids is 3. The molecule has 2 heterocycles. The highest BCUT2D eigenvalue weighted by atomic mass is 16.8. The second kappa shape index (κ2) is 11.6. The molecule has 0 amide bonds. The number of hydrogen-bond acceptors (Lipinski definition) is 11. The molecule has 3 saturated carbocycles. The number of aliphatic hydroxyl groups is 1. The van der Waals surface area contributed by atoms with Crippen LogP contribution in [0.15, 0.2) is 11.6 Å². The fraction of sp³-hybridized carbons (Fsp3) is 0.824. The number of aliphatic hydroxyl groups excluding tert-OH is 1. The first-order valence-electron chi connectivity index (χ1n) is 16.7. The molecule has 2 N–H and O–H groups in total. The van der Waals surface area contributed by atoms with Gasteiger partial charge in [0.15, 0.2) is 24.6 Å². The number of fused-ring (bicyclic) bond motifs is 2. The van der Waals surface area contributed by atoms with Crippen LogP contribution >= 0.6 is 0 Å². The molecule has 0 radical (unpaired) electrons. The van der Waals surface area contributed by atoms with Crippen molar-refractivity contribution in [3.8, 4) is 0 Å². The lowest BCUT2D eigenvalue weighted by Gasteiger charge is -2.58. The Hall–Kier alpha value is -2.38. The number of esters is 2. The number of aldehydes is 1. The maximum atomic E-state index is 13.8. The quantitative estimate of drug-likeness (QED) is 0.192. The van der Waals surface area contributed by atoms with Gasteiger partial charge in [-0.3, -0.25) is 9.59 Å². The molecule has 6 rings (SSSR count). The van der Waals surface area contributed by atoms with Crippen LogP contribution in [0.25, 0.3) is 0 Å². The molecule has 4 bridgehead atoms. The van der Waals surface area contributed by atoms with Gasteiger partial charge in [-0.15, -0.1) is 0 Å². The van der Waals surface area contributed by atoms with Crippen molar-refractivity contribution in [2.45, 2.75) is 109 Å². The minimum atomic E-state index is -1.95. The summed E-state index contributed by atoms with van der Waals surface area (Å²) >= 11 is 0. The Morgan fingerprint density at radius 2 is 1.91 bits per heavy atom. The van der Waals surface area contributed by atoms with Gasteiger partial charge in [0.25, 0.3) is 5.79 Å². The Morgan fingerprint density at radius 3 is 2.54 bits per heavy atom. The van der Waals surface area contributed by atoms with Gasteiger partial charge in [-0.2, -0.15) is 0 Å². The Balaban J connectivity index is 1.32. The molecule has 4 aliphatic carbocycles. The molecule has 12 nitrogen and oxygen atoms in total. The molecular weight excluding hydrogens is 600 g/mol. The Labute approximate surface area is 269 Å². The number of hydrogen-bond donors (Lipinski definition) is 2. The minimum absolute atomic E-state index is 0.0265. The van der Waals surface area contributed by atoms with E-state index >= 15 is 0 Å². The van der Waals surface area contributed by atoms with Gasteiger partial charge in [0, 0.05) is 18.9 Å². The van der Waals surface area contributed by atoms with E-state index in [2.05, 4.69) is 17.7 Å². The van der Waals surface area contributed by atoms with Crippen molar-refractivity contribution in [2.24, 2.45) is 45.8 Å². The number of carboxylic acids is 1. The largest absolute Gasteiger partial charge is 0.481 e. The molecule has 13 atom stereocenters. The van der Waals surface area contributed by atoms with E-state index in [4.69, 9.17) is 23.7 Å². The molecule has 1 spiro atoms. The van der Waals surface area contributed by atoms with Crippen LogP contribution in [0.3, 0.4) is 0 Å². The molecule has 0 aromatic heterocycles. The van der Waals surface area contributed by atoms with E-state index in [-0.39, 0.29) is 43.1 Å². The molecule has 0 unspecified atom stereocenters. The number of carboxylic acid groups (broad SMARTS) is 1. The standard InChI is InChI=1S/C34H48O12/c1-17(2)23-12-20-13-31(15-35)22-11-10-18(3)21(22)14-32(20,33(23,31)30(39)40)16-43-29-26(37)34(27(42-6)19(4)44-29)45-24(28(38)46-34)8-7-9-25(36)41-5/h12,15,17-22,24,26-27,29,37H,7-11,13-14,16H2,1-6H3,(H,39,40)/t18-,19-,20+,21-,22-,24+,26-,27-,29-,31+,32+,33+,34-/m1/s1. The summed E-state index contributed by atoms with van der Waals surface area (Å²) in [7, 11) is 2.68. The summed E-state index contributed by atoms with van der Waals surface area (Å²) in [4.78, 5) is 51.7. The summed E-state index contributed by atoms with van der Waals surface area (Å²) in [6.45, 7) is 7.75. The van der Waals surface area contributed by atoms with E-state index in [1.165, 1.54) is 14.2 Å². The maximum absolute atomic E-state index is 13.8. The summed E-state index contributed by atoms with van der Waals surface area (Å²) in [5.74, 6) is -3.91. The third kappa shape index (κ3) is 4.22. The Morgan fingerprint density at radius 1 is 1.17 bits per heavy atom. The minimum Gasteiger partial charge on any atom is -0.481 e. The Bertz CT molecular complexity index is 1300. The highest BCUT2D eigenvalue weighted by molar-refractivity contribution is 5.90. The van der Waals surface area contributed by atoms with Gasteiger partial charge in [0.1, 0.15) is 11.7 Å². The van der Waals surface area contributed by atoms with Crippen LogP contribution < -0.4 is 0 Å². The number of carbonyl (C=O) groups is 4. The summed E-state index contributed by atoms with van der Waals surface area (Å²) < 4.78 is 34.8. The average molecular weight is 649 g/mol. The van der Waals surface area contributed by atoms with Gasteiger partial charge in [0.2, 0.25) is 0 Å². The molecule has 46 heavy (non-hydrogen) atoms. The lowest BCUT2D eigenvalue weighted by molar-refractivity contribution is -0.386. The summed E-state index contributed by atoms with van der Waals surface area (Å²) in [6, 6.07) is 0. The Kier molecular flexibility index (Phi) is 8.49. The van der Waals surface area contributed by atoms with Gasteiger partial charge in [-0.05, 0) is 68.6 Å². The summed E-state index contributed by atoms with van der Waals surface area (Å²) in [6.07, 6.45) is 0.552. The summed E-state index contributed by atoms with van der Waals surface area (Å²) in [5.41, 5.74) is -2.68. The predicted octanol–water partition coefficient (Wildman–Crippen LogP) is 3.03. The smallest absolute Gasteiger partial charge is 0.338 e. The highest BCUT2D eigenvalue weighted by Gasteiger charge is 2.84. The van der Waals surface area contributed by atoms with Crippen LogP contribution in [-0.2, 0) is 47.6 Å². The van der Waals surface area contributed by atoms with Crippen LogP contribution in [0.5, 0.6) is 0 Å². The van der Waals surface area contributed by atoms with E-state index in [9.17, 15) is 29.4 Å². The van der Waals surface area contributed by atoms with E-state index in [0.29, 0.717) is 25.2 Å². The first kappa shape index (κ1) is 33.5. The third-order valence-electron chi connectivity index (χ3n) is 12.6. The normalized spacial score (nSPS) is 47.2. The van der Waals surface area contributed by atoms with Crippen molar-refractivity contribution in [3.63, 3.8) is 0 Å². The zero-order valence-corrected chi connectivity index (χ0v) is 27.6. The van der Waals surface area contributed by atoms with Crippen molar-refractivity contribution < 1.29 is 57.8 Å². The predicted molar refractivity (Wildman–Crippen MR) is 159 cm³/mol. The first-order valence-corrected chi connectivity index (χ1v) is 16.7. The number of methoxy groups -OCH3 is 2. The zero-order chi connectivity index (χ0) is 33.4. The van der Waals surface area contributed by atoms with Crippen molar-refractivity contribution >= 4 is 24.2 Å². The lowest BCUT2D eigenvalue weighted by Crippen LogP contribution is -2.68. The van der Waals surface area contributed by atoms with Crippen LogP contribution in [0.1, 0.15) is 72.6 Å². The number of allylic oxidation sites excluding steroid dienone is 1. The molecule has 2 aliphatic heterocycles. The van der Waals surface area contributed by atoms with Crippen LogP contribution in [0, 0.1) is 45.8 Å². The van der Waals surface area contributed by atoms with E-state index in [1.54, 1.807) is 6.92 Å². The van der Waals surface area contributed by atoms with Gasteiger partial charge in [-0.1, -0.05) is 38.8 Å². The van der Waals surface area contributed by atoms with Gasteiger partial charge in [-0.25, -0.2) is 4.79 Å². The van der Waals surface area contributed by atoms with E-state index < -0.39 is 70.6 Å². The van der Waals surface area contributed by atoms with Crippen LogP contribution in [0.4, 0.5) is 0 Å². The molecule has 12 heteroatoms. The zero-order valence-electron chi connectivity index (χ0n) is 27.6. The molecule has 0 aromatic rings. The number of rotatable bonds is 11. The second-order valence-corrected chi connectivity index (χ2v) is 14.8. The van der Waals surface area contributed by atoms with Crippen LogP contribution in [-0.4, -0.2) is 91.7 Å².